The van der Waals surface area contributed by atoms with Crippen molar-refractivity contribution < 1.29 is 9.59 Å². The van der Waals surface area contributed by atoms with E-state index >= 15 is 0 Å². The van der Waals surface area contributed by atoms with Gasteiger partial charge in [-0.05, 0) is 39.3 Å². The zero-order valence-electron chi connectivity index (χ0n) is 9.90. The van der Waals surface area contributed by atoms with Crippen molar-refractivity contribution in [1.29, 1.82) is 0 Å². The minimum atomic E-state index is -0.143. The van der Waals surface area contributed by atoms with Crippen LogP contribution >= 0.6 is 0 Å². The van der Waals surface area contributed by atoms with Crippen molar-refractivity contribution in [3.8, 4) is 0 Å². The molecule has 0 bridgehead atoms. The zero-order valence-corrected chi connectivity index (χ0v) is 9.90. The van der Waals surface area contributed by atoms with E-state index in [-0.39, 0.29) is 11.8 Å². The predicted octanol–water partition coefficient (Wildman–Crippen LogP) is 0.643. The lowest BCUT2D eigenvalue weighted by Crippen LogP contribution is -2.41. The Labute approximate surface area is 95.9 Å². The molecule has 0 aliphatic carbocycles. The molecule has 0 aromatic heterocycles. The second kappa shape index (κ2) is 4.37. The highest BCUT2D eigenvalue weighted by molar-refractivity contribution is 6.15. The van der Waals surface area contributed by atoms with Crippen molar-refractivity contribution in [1.82, 2.24) is 9.80 Å². The van der Waals surface area contributed by atoms with Crippen LogP contribution < -0.4 is 0 Å². The Morgan fingerprint density at radius 1 is 1.44 bits per heavy atom. The van der Waals surface area contributed by atoms with Crippen LogP contribution in [0.1, 0.15) is 19.8 Å². The number of amides is 2. The normalized spacial score (nSPS) is 27.5. The van der Waals surface area contributed by atoms with E-state index in [1.54, 1.807) is 6.92 Å². The van der Waals surface area contributed by atoms with E-state index in [1.807, 2.05) is 0 Å². The first-order valence-electron chi connectivity index (χ1n) is 5.80. The van der Waals surface area contributed by atoms with Gasteiger partial charge in [0.1, 0.15) is 0 Å². The molecule has 16 heavy (non-hydrogen) atoms. The quantitative estimate of drug-likeness (QED) is 0.644. The van der Waals surface area contributed by atoms with Crippen LogP contribution in [-0.4, -0.2) is 48.3 Å². The summed E-state index contributed by atoms with van der Waals surface area (Å²) in [4.78, 5) is 26.9. The minimum absolute atomic E-state index is 0.113. The van der Waals surface area contributed by atoms with Crippen molar-refractivity contribution in [3.63, 3.8) is 0 Å². The van der Waals surface area contributed by atoms with Gasteiger partial charge in [0.2, 0.25) is 0 Å². The monoisotopic (exact) mass is 222 g/mol. The van der Waals surface area contributed by atoms with E-state index < -0.39 is 0 Å². The van der Waals surface area contributed by atoms with Gasteiger partial charge < -0.3 is 4.90 Å². The molecule has 1 fully saturated rings. The summed E-state index contributed by atoms with van der Waals surface area (Å²) in [6.45, 7) is 4.38. The molecular formula is C12H18N2O2. The number of hydrogen-bond acceptors (Lipinski definition) is 3. The molecule has 0 N–H and O–H groups in total. The van der Waals surface area contributed by atoms with Gasteiger partial charge in [0.15, 0.2) is 0 Å². The van der Waals surface area contributed by atoms with E-state index in [1.165, 1.54) is 11.0 Å². The Morgan fingerprint density at radius 3 is 2.75 bits per heavy atom. The Morgan fingerprint density at radius 2 is 2.19 bits per heavy atom. The van der Waals surface area contributed by atoms with Crippen LogP contribution in [0.25, 0.3) is 0 Å². The molecule has 1 atom stereocenters. The third-order valence-corrected chi connectivity index (χ3v) is 3.35. The zero-order chi connectivity index (χ0) is 11.7. The largest absolute Gasteiger partial charge is 0.306 e. The summed E-state index contributed by atoms with van der Waals surface area (Å²) in [5, 5.41) is 0. The fourth-order valence-electron chi connectivity index (χ4n) is 2.49. The second-order valence-electron chi connectivity index (χ2n) is 4.85. The number of nitrogens with zero attached hydrogens (tertiary/aromatic N) is 2. The maximum atomic E-state index is 11.7. The molecule has 1 unspecified atom stereocenters. The SMILES string of the molecule is CC1=CC(=O)N(CC2CCCN(C)C2)C1=O. The van der Waals surface area contributed by atoms with Crippen LogP contribution in [0.15, 0.2) is 11.6 Å². The summed E-state index contributed by atoms with van der Waals surface area (Å²) in [5.74, 6) is 0.180. The fraction of sp³-hybridized carbons (Fsp3) is 0.667. The van der Waals surface area contributed by atoms with Gasteiger partial charge in [-0.3, -0.25) is 14.5 Å². The van der Waals surface area contributed by atoms with E-state index in [0.717, 1.165) is 25.9 Å². The van der Waals surface area contributed by atoms with Crippen molar-refractivity contribution in [3.05, 3.63) is 11.6 Å². The van der Waals surface area contributed by atoms with Crippen molar-refractivity contribution >= 4 is 11.8 Å². The summed E-state index contributed by atoms with van der Waals surface area (Å²) in [6, 6.07) is 0. The van der Waals surface area contributed by atoms with E-state index in [0.29, 0.717) is 18.0 Å². The highest BCUT2D eigenvalue weighted by Crippen LogP contribution is 2.20. The lowest BCUT2D eigenvalue weighted by atomic mass is 9.98. The van der Waals surface area contributed by atoms with E-state index in [4.69, 9.17) is 0 Å². The number of carbonyl (C=O) groups is 2. The van der Waals surface area contributed by atoms with Crippen LogP contribution in [0.4, 0.5) is 0 Å². The molecule has 4 heteroatoms. The fourth-order valence-corrected chi connectivity index (χ4v) is 2.49. The Bertz CT molecular complexity index is 349. The maximum Gasteiger partial charge on any atom is 0.256 e. The molecule has 2 heterocycles. The predicted molar refractivity (Wildman–Crippen MR) is 60.7 cm³/mol. The Balaban J connectivity index is 1.95. The molecule has 0 saturated carbocycles. The number of piperidine rings is 1. The van der Waals surface area contributed by atoms with E-state index in [2.05, 4.69) is 11.9 Å². The Kier molecular flexibility index (Phi) is 3.10. The van der Waals surface area contributed by atoms with Crippen LogP contribution in [0.5, 0.6) is 0 Å². The van der Waals surface area contributed by atoms with Gasteiger partial charge in [-0.15, -0.1) is 0 Å². The number of hydrogen-bond donors (Lipinski definition) is 0. The van der Waals surface area contributed by atoms with Gasteiger partial charge in [-0.25, -0.2) is 0 Å². The van der Waals surface area contributed by atoms with Gasteiger partial charge in [0.25, 0.3) is 11.8 Å². The number of carbonyl (C=O) groups excluding carboxylic acids is 2. The first kappa shape index (κ1) is 11.3. The van der Waals surface area contributed by atoms with Gasteiger partial charge in [-0.2, -0.15) is 0 Å². The molecule has 1 saturated heterocycles. The molecule has 2 aliphatic heterocycles. The highest BCUT2D eigenvalue weighted by atomic mass is 16.2. The second-order valence-corrected chi connectivity index (χ2v) is 4.85. The molecule has 0 aromatic carbocycles. The standard InChI is InChI=1S/C12H18N2O2/c1-9-6-11(15)14(12(9)16)8-10-4-3-5-13(2)7-10/h6,10H,3-5,7-8H2,1-2H3. The van der Waals surface area contributed by atoms with Crippen LogP contribution in [-0.2, 0) is 9.59 Å². The maximum absolute atomic E-state index is 11.7. The topological polar surface area (TPSA) is 40.6 Å². The van der Waals surface area contributed by atoms with Gasteiger partial charge in [0.05, 0.1) is 0 Å². The molecular weight excluding hydrogens is 204 g/mol. The average Bonchev–Trinajstić information content (AvgIpc) is 2.45. The molecule has 0 aromatic rings. The number of likely N-dealkylation sites (tertiary alicyclic amines) is 1. The van der Waals surface area contributed by atoms with Gasteiger partial charge in [0, 0.05) is 24.7 Å². The minimum Gasteiger partial charge on any atom is -0.306 e. The molecule has 0 spiro atoms. The van der Waals surface area contributed by atoms with Crippen molar-refractivity contribution in [2.24, 2.45) is 5.92 Å². The lowest BCUT2D eigenvalue weighted by molar-refractivity contribution is -0.138. The van der Waals surface area contributed by atoms with Crippen LogP contribution in [0, 0.1) is 5.92 Å². The molecule has 88 valence electrons. The number of imide groups is 1. The third-order valence-electron chi connectivity index (χ3n) is 3.35. The average molecular weight is 222 g/mol. The summed E-state index contributed by atoms with van der Waals surface area (Å²) < 4.78 is 0. The smallest absolute Gasteiger partial charge is 0.256 e. The molecule has 2 aliphatic rings. The molecule has 0 radical (unpaired) electrons. The van der Waals surface area contributed by atoms with Crippen LogP contribution in [0.3, 0.4) is 0 Å². The number of rotatable bonds is 2. The third kappa shape index (κ3) is 2.16. The van der Waals surface area contributed by atoms with E-state index in [9.17, 15) is 9.59 Å². The van der Waals surface area contributed by atoms with Gasteiger partial charge in [-0.1, -0.05) is 0 Å². The first-order chi connectivity index (χ1) is 7.58. The van der Waals surface area contributed by atoms with Crippen LogP contribution in [0.2, 0.25) is 0 Å². The highest BCUT2D eigenvalue weighted by Gasteiger charge is 2.31. The van der Waals surface area contributed by atoms with Crippen molar-refractivity contribution in [2.75, 3.05) is 26.7 Å². The molecule has 2 rings (SSSR count). The first-order valence-corrected chi connectivity index (χ1v) is 5.80. The summed E-state index contributed by atoms with van der Waals surface area (Å²) in [7, 11) is 2.09. The molecule has 2 amide bonds. The van der Waals surface area contributed by atoms with Crippen molar-refractivity contribution in [2.45, 2.75) is 19.8 Å². The molecule has 4 nitrogen and oxygen atoms in total. The van der Waals surface area contributed by atoms with Gasteiger partial charge >= 0.3 is 0 Å². The Hall–Kier alpha value is -1.16. The summed E-state index contributed by atoms with van der Waals surface area (Å²) in [5.41, 5.74) is 0.564. The lowest BCUT2D eigenvalue weighted by Gasteiger charge is -2.31. The summed E-state index contributed by atoms with van der Waals surface area (Å²) in [6.07, 6.45) is 3.71. The summed E-state index contributed by atoms with van der Waals surface area (Å²) >= 11 is 0.